The lowest BCUT2D eigenvalue weighted by Gasteiger charge is -2.35. The standard InChI is InChI=1S/C20H25N3O4/c1-20(2)12-15(9-10-27-20)21-18(24)13-23-19(25)8-7-17(22-23)14-5-4-6-16(11-14)26-3/h4-8,11,15H,9-10,12-13H2,1-3H3,(H,21,24)/t15-/m1/s1. The summed E-state index contributed by atoms with van der Waals surface area (Å²) >= 11 is 0. The number of benzene rings is 1. The van der Waals surface area contributed by atoms with Gasteiger partial charge in [-0.25, -0.2) is 4.68 Å². The summed E-state index contributed by atoms with van der Waals surface area (Å²) in [5.41, 5.74) is 0.852. The highest BCUT2D eigenvalue weighted by molar-refractivity contribution is 5.76. The Morgan fingerprint density at radius 1 is 1.37 bits per heavy atom. The van der Waals surface area contributed by atoms with E-state index in [0.29, 0.717) is 18.1 Å². The first-order valence-corrected chi connectivity index (χ1v) is 9.02. The predicted molar refractivity (Wildman–Crippen MR) is 102 cm³/mol. The second kappa shape index (κ2) is 7.92. The van der Waals surface area contributed by atoms with Gasteiger partial charge in [-0.2, -0.15) is 5.10 Å². The van der Waals surface area contributed by atoms with Gasteiger partial charge in [0.05, 0.1) is 18.4 Å². The summed E-state index contributed by atoms with van der Waals surface area (Å²) in [5.74, 6) is 0.474. The number of ether oxygens (including phenoxy) is 2. The van der Waals surface area contributed by atoms with E-state index in [4.69, 9.17) is 9.47 Å². The molecule has 7 nitrogen and oxygen atoms in total. The number of rotatable bonds is 5. The van der Waals surface area contributed by atoms with Crippen molar-refractivity contribution >= 4 is 5.91 Å². The van der Waals surface area contributed by atoms with E-state index in [-0.39, 0.29) is 29.7 Å². The Hall–Kier alpha value is -2.67. The van der Waals surface area contributed by atoms with Crippen molar-refractivity contribution in [3.8, 4) is 17.0 Å². The van der Waals surface area contributed by atoms with Crippen molar-refractivity contribution in [1.82, 2.24) is 15.1 Å². The molecule has 3 rings (SSSR count). The van der Waals surface area contributed by atoms with Gasteiger partial charge in [0.2, 0.25) is 5.91 Å². The van der Waals surface area contributed by atoms with Crippen molar-refractivity contribution in [3.05, 3.63) is 46.8 Å². The molecule has 1 N–H and O–H groups in total. The van der Waals surface area contributed by atoms with Crippen LogP contribution in [0.1, 0.15) is 26.7 Å². The van der Waals surface area contributed by atoms with Crippen molar-refractivity contribution in [2.24, 2.45) is 0 Å². The Balaban J connectivity index is 1.73. The Bertz CT molecular complexity index is 876. The number of methoxy groups -OCH3 is 1. The Labute approximate surface area is 158 Å². The second-order valence-corrected chi connectivity index (χ2v) is 7.31. The van der Waals surface area contributed by atoms with Gasteiger partial charge in [0.25, 0.3) is 5.56 Å². The summed E-state index contributed by atoms with van der Waals surface area (Å²) in [7, 11) is 1.59. The molecule has 1 fully saturated rings. The average Bonchev–Trinajstić information content (AvgIpc) is 2.62. The molecule has 144 valence electrons. The first kappa shape index (κ1) is 19.1. The maximum atomic E-state index is 12.4. The third kappa shape index (κ3) is 4.95. The molecule has 0 saturated carbocycles. The van der Waals surface area contributed by atoms with Gasteiger partial charge >= 0.3 is 0 Å². The molecule has 27 heavy (non-hydrogen) atoms. The van der Waals surface area contributed by atoms with Gasteiger partial charge in [-0.3, -0.25) is 9.59 Å². The molecule has 0 unspecified atom stereocenters. The van der Waals surface area contributed by atoms with Crippen LogP contribution in [0.15, 0.2) is 41.2 Å². The third-order valence-electron chi connectivity index (χ3n) is 4.59. The maximum Gasteiger partial charge on any atom is 0.267 e. The highest BCUT2D eigenvalue weighted by atomic mass is 16.5. The number of carbonyl (C=O) groups excluding carboxylic acids is 1. The topological polar surface area (TPSA) is 82.5 Å². The first-order chi connectivity index (χ1) is 12.9. The van der Waals surface area contributed by atoms with Gasteiger partial charge in [-0.1, -0.05) is 12.1 Å². The van der Waals surface area contributed by atoms with Crippen molar-refractivity contribution in [2.45, 2.75) is 44.9 Å². The zero-order chi connectivity index (χ0) is 19.4. The summed E-state index contributed by atoms with van der Waals surface area (Å²) in [6.45, 7) is 4.51. The van der Waals surface area contributed by atoms with Crippen LogP contribution in [0.5, 0.6) is 5.75 Å². The molecule has 0 spiro atoms. The molecule has 0 bridgehead atoms. The van der Waals surface area contributed by atoms with Crippen LogP contribution in [-0.4, -0.2) is 41.0 Å². The van der Waals surface area contributed by atoms with Gasteiger partial charge in [0, 0.05) is 24.3 Å². The van der Waals surface area contributed by atoms with Crippen LogP contribution in [0.2, 0.25) is 0 Å². The van der Waals surface area contributed by atoms with E-state index in [1.54, 1.807) is 13.2 Å². The molecule has 1 atom stereocenters. The molecule has 2 heterocycles. The first-order valence-electron chi connectivity index (χ1n) is 9.02. The highest BCUT2D eigenvalue weighted by Crippen LogP contribution is 2.24. The predicted octanol–water partition coefficient (Wildman–Crippen LogP) is 1.99. The monoisotopic (exact) mass is 371 g/mol. The molecule has 1 amide bonds. The van der Waals surface area contributed by atoms with Crippen LogP contribution in [0, 0.1) is 0 Å². The number of aromatic nitrogens is 2. The fourth-order valence-corrected chi connectivity index (χ4v) is 3.26. The number of hydrogen-bond acceptors (Lipinski definition) is 5. The van der Waals surface area contributed by atoms with Crippen LogP contribution in [-0.2, 0) is 16.1 Å². The Morgan fingerprint density at radius 2 is 2.19 bits per heavy atom. The summed E-state index contributed by atoms with van der Waals surface area (Å²) in [4.78, 5) is 24.6. The van der Waals surface area contributed by atoms with E-state index < -0.39 is 0 Å². The second-order valence-electron chi connectivity index (χ2n) is 7.31. The molecule has 1 aromatic carbocycles. The summed E-state index contributed by atoms with van der Waals surface area (Å²) in [6.07, 6.45) is 1.51. The fourth-order valence-electron chi connectivity index (χ4n) is 3.26. The number of nitrogens with one attached hydrogen (secondary N) is 1. The number of amides is 1. The van der Waals surface area contributed by atoms with Crippen LogP contribution < -0.4 is 15.6 Å². The Morgan fingerprint density at radius 3 is 2.93 bits per heavy atom. The Kier molecular flexibility index (Phi) is 5.60. The summed E-state index contributed by atoms with van der Waals surface area (Å²) in [5, 5.41) is 7.33. The van der Waals surface area contributed by atoms with Crippen LogP contribution >= 0.6 is 0 Å². The van der Waals surface area contributed by atoms with E-state index >= 15 is 0 Å². The molecule has 1 aromatic heterocycles. The zero-order valence-corrected chi connectivity index (χ0v) is 15.9. The quantitative estimate of drug-likeness (QED) is 0.869. The SMILES string of the molecule is COc1cccc(-c2ccc(=O)n(CC(=O)N[C@@H]3CCOC(C)(C)C3)n2)c1. The molecule has 2 aromatic rings. The molecular formula is C20H25N3O4. The molecule has 7 heteroatoms. The van der Waals surface area contributed by atoms with Crippen LogP contribution in [0.3, 0.4) is 0 Å². The number of nitrogens with zero attached hydrogens (tertiary/aromatic N) is 2. The normalized spacial score (nSPS) is 18.7. The summed E-state index contributed by atoms with van der Waals surface area (Å²) in [6, 6.07) is 10.5. The smallest absolute Gasteiger partial charge is 0.267 e. The van der Waals surface area contributed by atoms with Crippen molar-refractivity contribution < 1.29 is 14.3 Å². The highest BCUT2D eigenvalue weighted by Gasteiger charge is 2.29. The van der Waals surface area contributed by atoms with E-state index in [9.17, 15) is 9.59 Å². The lowest BCUT2D eigenvalue weighted by Crippen LogP contribution is -2.47. The van der Waals surface area contributed by atoms with E-state index in [0.717, 1.165) is 18.4 Å². The van der Waals surface area contributed by atoms with Crippen molar-refractivity contribution in [1.29, 1.82) is 0 Å². The minimum absolute atomic E-state index is 0.0403. The van der Waals surface area contributed by atoms with Crippen molar-refractivity contribution in [2.75, 3.05) is 13.7 Å². The third-order valence-corrected chi connectivity index (χ3v) is 4.59. The van der Waals surface area contributed by atoms with Gasteiger partial charge in [-0.15, -0.1) is 0 Å². The van der Waals surface area contributed by atoms with Crippen molar-refractivity contribution in [3.63, 3.8) is 0 Å². The molecule has 1 aliphatic heterocycles. The van der Waals surface area contributed by atoms with Gasteiger partial charge in [0.15, 0.2) is 0 Å². The minimum atomic E-state index is -0.316. The van der Waals surface area contributed by atoms with Crippen LogP contribution in [0.25, 0.3) is 11.3 Å². The van der Waals surface area contributed by atoms with E-state index in [1.807, 2.05) is 38.1 Å². The molecule has 1 aliphatic rings. The van der Waals surface area contributed by atoms with Gasteiger partial charge < -0.3 is 14.8 Å². The zero-order valence-electron chi connectivity index (χ0n) is 15.9. The maximum absolute atomic E-state index is 12.4. The average molecular weight is 371 g/mol. The van der Waals surface area contributed by atoms with E-state index in [1.165, 1.54) is 10.7 Å². The fraction of sp³-hybridized carbons (Fsp3) is 0.450. The molecule has 0 radical (unpaired) electrons. The molecule has 1 saturated heterocycles. The number of hydrogen-bond donors (Lipinski definition) is 1. The van der Waals surface area contributed by atoms with Gasteiger partial charge in [-0.05, 0) is 44.9 Å². The largest absolute Gasteiger partial charge is 0.497 e. The lowest BCUT2D eigenvalue weighted by molar-refractivity contribution is -0.124. The molecular weight excluding hydrogens is 346 g/mol. The minimum Gasteiger partial charge on any atom is -0.497 e. The van der Waals surface area contributed by atoms with Crippen LogP contribution in [0.4, 0.5) is 0 Å². The van der Waals surface area contributed by atoms with E-state index in [2.05, 4.69) is 10.4 Å². The molecule has 0 aliphatic carbocycles. The van der Waals surface area contributed by atoms with Gasteiger partial charge in [0.1, 0.15) is 12.3 Å². The summed E-state index contributed by atoms with van der Waals surface area (Å²) < 4.78 is 12.1. The lowest BCUT2D eigenvalue weighted by atomic mass is 9.94. The number of carbonyl (C=O) groups is 1.